The summed E-state index contributed by atoms with van der Waals surface area (Å²) in [4.78, 5) is 26.5. The molecule has 7 rings (SSSR count). The second-order valence-corrected chi connectivity index (χ2v) is 11.5. The van der Waals surface area contributed by atoms with Crippen molar-refractivity contribution in [2.45, 2.75) is 39.5 Å². The average molecular weight is 549 g/mol. The first-order valence-corrected chi connectivity index (χ1v) is 14.5. The number of nitrogens with one attached hydrogen (secondary N) is 1. The van der Waals surface area contributed by atoms with E-state index in [9.17, 15) is 4.79 Å². The molecule has 0 spiro atoms. The van der Waals surface area contributed by atoms with Crippen LogP contribution in [-0.4, -0.2) is 19.5 Å². The smallest absolute Gasteiger partial charge is 0.188 e. The molecule has 3 heterocycles. The number of imidazole rings is 1. The van der Waals surface area contributed by atoms with Crippen molar-refractivity contribution in [2.24, 2.45) is 0 Å². The van der Waals surface area contributed by atoms with E-state index in [0.717, 1.165) is 50.0 Å². The summed E-state index contributed by atoms with van der Waals surface area (Å²) in [7, 11) is 0. The summed E-state index contributed by atoms with van der Waals surface area (Å²) in [5.74, 6) is 1.50. The Morgan fingerprint density at radius 1 is 0.738 bits per heavy atom. The molecule has 0 unspecified atom stereocenters. The molecule has 0 bridgehead atoms. The standard InChI is InChI=1S/C37H32N4O/c1-22(2)26-11-8-12-27(23(3)4)36(26)41-21-32(40-37(41)29-19-20-38-30-13-6-5-10-28(29)30)31-18-17-25-16-15-24-9-7-14-33(42)34(24)35(25)39-31/h5-23,39H,1-4H3. The van der Waals surface area contributed by atoms with Gasteiger partial charge in [-0.1, -0.05) is 94.4 Å². The summed E-state index contributed by atoms with van der Waals surface area (Å²) < 4.78 is 2.27. The number of H-pyrrole nitrogens is 1. The summed E-state index contributed by atoms with van der Waals surface area (Å²) in [6, 6.07) is 30.5. The molecular formula is C37H32N4O. The van der Waals surface area contributed by atoms with Crippen molar-refractivity contribution < 1.29 is 0 Å². The SMILES string of the molecule is CC(C)c1cccc(C(C)C)c1-n1cc(-c2ccc3ccc4cccc(=O)c4c3[nH]2)nc1-c1ccnc2ccccc12. The van der Waals surface area contributed by atoms with Crippen molar-refractivity contribution in [2.75, 3.05) is 0 Å². The first-order chi connectivity index (χ1) is 20.4. The van der Waals surface area contributed by atoms with E-state index in [1.54, 1.807) is 6.07 Å². The molecule has 0 saturated carbocycles. The third-order valence-corrected chi connectivity index (χ3v) is 8.18. The lowest BCUT2D eigenvalue weighted by Crippen LogP contribution is -2.08. The van der Waals surface area contributed by atoms with Crippen LogP contribution >= 0.6 is 0 Å². The van der Waals surface area contributed by atoms with E-state index in [2.05, 4.69) is 97.0 Å². The number of hydrogen-bond donors (Lipinski definition) is 1. The Bertz CT molecular complexity index is 2150. The summed E-state index contributed by atoms with van der Waals surface area (Å²) in [6.45, 7) is 8.96. The first kappa shape index (κ1) is 25.9. The zero-order valence-electron chi connectivity index (χ0n) is 24.2. The van der Waals surface area contributed by atoms with Gasteiger partial charge in [0.2, 0.25) is 0 Å². The van der Waals surface area contributed by atoms with Gasteiger partial charge in [-0.3, -0.25) is 14.3 Å². The lowest BCUT2D eigenvalue weighted by Gasteiger charge is -2.22. The number of aromatic nitrogens is 4. The molecule has 0 radical (unpaired) electrons. The fraction of sp³-hybridized carbons (Fsp3) is 0.162. The number of fused-ring (bicyclic) bond motifs is 4. The van der Waals surface area contributed by atoms with E-state index >= 15 is 0 Å². The third kappa shape index (κ3) is 4.20. The number of nitrogens with zero attached hydrogens (tertiary/aromatic N) is 3. The third-order valence-electron chi connectivity index (χ3n) is 8.18. The molecule has 42 heavy (non-hydrogen) atoms. The molecule has 4 aromatic carbocycles. The molecule has 3 aromatic heterocycles. The average Bonchev–Trinajstić information content (AvgIpc) is 3.45. The molecule has 0 aliphatic carbocycles. The number of aromatic amines is 1. The highest BCUT2D eigenvalue weighted by Crippen LogP contribution is 2.37. The lowest BCUT2D eigenvalue weighted by molar-refractivity contribution is 0.807. The van der Waals surface area contributed by atoms with Crippen LogP contribution in [0, 0.1) is 0 Å². The second-order valence-electron chi connectivity index (χ2n) is 11.5. The first-order valence-electron chi connectivity index (χ1n) is 14.5. The van der Waals surface area contributed by atoms with Crippen LogP contribution in [0.15, 0.2) is 108 Å². The van der Waals surface area contributed by atoms with Crippen LogP contribution in [0.25, 0.3) is 61.0 Å². The van der Waals surface area contributed by atoms with Gasteiger partial charge in [0.25, 0.3) is 0 Å². The van der Waals surface area contributed by atoms with Crippen molar-refractivity contribution in [3.05, 3.63) is 125 Å². The molecule has 0 fully saturated rings. The topological polar surface area (TPSA) is 63.6 Å². The van der Waals surface area contributed by atoms with Crippen LogP contribution in [0.4, 0.5) is 0 Å². The van der Waals surface area contributed by atoms with Crippen LogP contribution in [0.3, 0.4) is 0 Å². The van der Waals surface area contributed by atoms with Crippen molar-refractivity contribution in [3.63, 3.8) is 0 Å². The van der Waals surface area contributed by atoms with Crippen LogP contribution < -0.4 is 5.43 Å². The summed E-state index contributed by atoms with van der Waals surface area (Å²) in [5, 5.41) is 3.66. The van der Waals surface area contributed by atoms with Crippen molar-refractivity contribution in [1.29, 1.82) is 0 Å². The zero-order valence-corrected chi connectivity index (χ0v) is 24.2. The van der Waals surface area contributed by atoms with Gasteiger partial charge in [-0.25, -0.2) is 4.98 Å². The van der Waals surface area contributed by atoms with Gasteiger partial charge in [0, 0.05) is 23.3 Å². The van der Waals surface area contributed by atoms with Gasteiger partial charge < -0.3 is 4.98 Å². The minimum Gasteiger partial charge on any atom is -0.353 e. The highest BCUT2D eigenvalue weighted by molar-refractivity contribution is 6.05. The van der Waals surface area contributed by atoms with E-state index in [1.165, 1.54) is 16.8 Å². The minimum atomic E-state index is 0.00779. The molecule has 0 amide bonds. The zero-order chi connectivity index (χ0) is 29.0. The van der Waals surface area contributed by atoms with Gasteiger partial charge >= 0.3 is 0 Å². The number of pyridine rings is 2. The van der Waals surface area contributed by atoms with Gasteiger partial charge in [0.1, 0.15) is 11.5 Å². The fourth-order valence-corrected chi connectivity index (χ4v) is 6.09. The van der Waals surface area contributed by atoms with Gasteiger partial charge in [-0.05, 0) is 58.0 Å². The van der Waals surface area contributed by atoms with Crippen LogP contribution in [0.2, 0.25) is 0 Å². The van der Waals surface area contributed by atoms with Gasteiger partial charge in [0.05, 0.1) is 27.8 Å². The molecule has 5 nitrogen and oxygen atoms in total. The number of hydrogen-bond acceptors (Lipinski definition) is 3. The van der Waals surface area contributed by atoms with E-state index in [-0.39, 0.29) is 5.43 Å². The Labute approximate surface area is 244 Å². The van der Waals surface area contributed by atoms with E-state index < -0.39 is 0 Å². The number of rotatable bonds is 5. The van der Waals surface area contributed by atoms with Crippen LogP contribution in [-0.2, 0) is 0 Å². The summed E-state index contributed by atoms with van der Waals surface area (Å²) >= 11 is 0. The largest absolute Gasteiger partial charge is 0.353 e. The van der Waals surface area contributed by atoms with E-state index in [0.29, 0.717) is 17.2 Å². The highest BCUT2D eigenvalue weighted by Gasteiger charge is 2.22. The fourth-order valence-electron chi connectivity index (χ4n) is 6.09. The molecule has 7 aromatic rings. The van der Waals surface area contributed by atoms with Crippen LogP contribution in [0.5, 0.6) is 0 Å². The maximum absolute atomic E-state index is 13.0. The summed E-state index contributed by atoms with van der Waals surface area (Å²) in [5.41, 5.74) is 8.16. The molecule has 0 aliphatic heterocycles. The maximum atomic E-state index is 13.0. The molecule has 0 saturated heterocycles. The number of para-hydroxylation sites is 2. The minimum absolute atomic E-state index is 0.00779. The quantitative estimate of drug-likeness (QED) is 0.218. The molecule has 0 aliphatic rings. The predicted octanol–water partition coefficient (Wildman–Crippen LogP) is 9.00. The second kappa shape index (κ2) is 10.1. The van der Waals surface area contributed by atoms with E-state index in [4.69, 9.17) is 4.98 Å². The molecule has 0 atom stereocenters. The van der Waals surface area contributed by atoms with Gasteiger partial charge in [0.15, 0.2) is 5.43 Å². The molecule has 1 N–H and O–H groups in total. The summed E-state index contributed by atoms with van der Waals surface area (Å²) in [6.07, 6.45) is 4.00. The highest BCUT2D eigenvalue weighted by atomic mass is 16.1. The number of benzene rings is 4. The monoisotopic (exact) mass is 548 g/mol. The Hall–Kier alpha value is -5.03. The van der Waals surface area contributed by atoms with Crippen molar-refractivity contribution >= 4 is 32.6 Å². The maximum Gasteiger partial charge on any atom is 0.188 e. The van der Waals surface area contributed by atoms with E-state index in [1.807, 2.05) is 42.6 Å². The Morgan fingerprint density at radius 3 is 2.24 bits per heavy atom. The predicted molar refractivity (Wildman–Crippen MR) is 174 cm³/mol. The molecule has 206 valence electrons. The normalized spacial score (nSPS) is 11.9. The lowest BCUT2D eigenvalue weighted by atomic mass is 9.92. The van der Waals surface area contributed by atoms with Crippen molar-refractivity contribution in [3.8, 4) is 28.5 Å². The molecular weight excluding hydrogens is 516 g/mol. The van der Waals surface area contributed by atoms with Gasteiger partial charge in [-0.2, -0.15) is 0 Å². The Balaban J connectivity index is 1.55. The Morgan fingerprint density at radius 2 is 1.45 bits per heavy atom. The van der Waals surface area contributed by atoms with Gasteiger partial charge in [-0.15, -0.1) is 0 Å². The Kier molecular flexibility index (Phi) is 6.23. The molecule has 5 heteroatoms. The van der Waals surface area contributed by atoms with Crippen LogP contribution in [0.1, 0.15) is 50.7 Å². The van der Waals surface area contributed by atoms with Crippen molar-refractivity contribution in [1.82, 2.24) is 19.5 Å².